The molecule has 6 aliphatic rings. The summed E-state index contributed by atoms with van der Waals surface area (Å²) in [4.78, 5) is 43.0. The number of nitrogens with zero attached hydrogens (tertiary/aromatic N) is 2. The molecule has 2 atom stereocenters. The van der Waals surface area contributed by atoms with Crippen molar-refractivity contribution in [2.45, 2.75) is 82.7 Å². The van der Waals surface area contributed by atoms with Gasteiger partial charge in [0.15, 0.2) is 6.67 Å². The van der Waals surface area contributed by atoms with Gasteiger partial charge in [-0.25, -0.2) is 14.6 Å². The van der Waals surface area contributed by atoms with E-state index in [0.29, 0.717) is 30.5 Å². The van der Waals surface area contributed by atoms with Gasteiger partial charge < -0.3 is 4.90 Å². The lowest BCUT2D eigenvalue weighted by molar-refractivity contribution is -0.937. The molecule has 0 aromatic heterocycles. The summed E-state index contributed by atoms with van der Waals surface area (Å²) >= 11 is 0. The highest BCUT2D eigenvalue weighted by Gasteiger charge is 2.61. The van der Waals surface area contributed by atoms with E-state index in [4.69, 9.17) is 0 Å². The maximum Gasteiger partial charge on any atom is 0.339 e. The third-order valence-corrected chi connectivity index (χ3v) is 8.27. The topological polar surface area (TPSA) is 62.1 Å². The smallest absolute Gasteiger partial charge is 0.315 e. The number of imide groups is 2. The first-order valence-corrected chi connectivity index (χ1v) is 11.1. The van der Waals surface area contributed by atoms with Gasteiger partial charge >= 0.3 is 17.8 Å². The highest BCUT2D eigenvalue weighted by molar-refractivity contribution is 6.44. The van der Waals surface area contributed by atoms with E-state index < -0.39 is 11.8 Å². The molecule has 6 heteroatoms. The average molecular weight is 375 g/mol. The van der Waals surface area contributed by atoms with Crippen molar-refractivity contribution in [2.24, 2.45) is 17.8 Å². The molecule has 148 valence electrons. The van der Waals surface area contributed by atoms with E-state index in [-0.39, 0.29) is 11.6 Å². The van der Waals surface area contributed by atoms with Crippen LogP contribution in [0.2, 0.25) is 0 Å². The van der Waals surface area contributed by atoms with E-state index in [1.165, 1.54) is 40.4 Å². The van der Waals surface area contributed by atoms with Crippen molar-refractivity contribution >= 4 is 17.8 Å². The van der Waals surface area contributed by atoms with Crippen LogP contribution >= 0.6 is 0 Å². The number of carbonyl (C=O) groups excluding carboxylic acids is 3. The Balaban J connectivity index is 1.39. The van der Waals surface area contributed by atoms with E-state index in [0.717, 1.165) is 45.1 Å². The maximum absolute atomic E-state index is 13.3. The third-order valence-electron chi connectivity index (χ3n) is 8.27. The fourth-order valence-corrected chi connectivity index (χ4v) is 7.46. The molecule has 27 heavy (non-hydrogen) atoms. The molecule has 4 saturated carbocycles. The minimum absolute atomic E-state index is 0.320. The summed E-state index contributed by atoms with van der Waals surface area (Å²) in [6.45, 7) is 3.53. The molecule has 4 amide bonds. The van der Waals surface area contributed by atoms with Crippen molar-refractivity contribution in [1.29, 1.82) is 0 Å². The van der Waals surface area contributed by atoms with Gasteiger partial charge in [-0.15, -0.1) is 0 Å². The second-order valence-corrected chi connectivity index (χ2v) is 9.97. The van der Waals surface area contributed by atoms with Gasteiger partial charge in [0.05, 0.1) is 18.1 Å². The first-order chi connectivity index (χ1) is 13.0. The maximum atomic E-state index is 13.3. The molecule has 0 radical (unpaired) electrons. The van der Waals surface area contributed by atoms with Crippen molar-refractivity contribution in [2.75, 3.05) is 13.2 Å². The molecule has 1 N–H and O–H groups in total. The Hall–Kier alpha value is -1.43. The highest BCUT2D eigenvalue weighted by atomic mass is 16.2. The molecule has 1 unspecified atom stereocenters. The largest absolute Gasteiger partial charge is 0.339 e. The Morgan fingerprint density at radius 1 is 0.963 bits per heavy atom. The SMILES string of the molecule is CC[C@@H]1CCCC[NH+]1CN1C(=O)C(=O)N(C23CC4CC(CC(C4)C2)C3)C1=O. The van der Waals surface area contributed by atoms with E-state index in [2.05, 4.69) is 6.92 Å². The van der Waals surface area contributed by atoms with Crippen LogP contribution in [0.15, 0.2) is 0 Å². The quantitative estimate of drug-likeness (QED) is 0.600. The van der Waals surface area contributed by atoms with E-state index >= 15 is 0 Å². The monoisotopic (exact) mass is 374 g/mol. The molecule has 2 saturated heterocycles. The van der Waals surface area contributed by atoms with Crippen LogP contribution in [0.3, 0.4) is 0 Å². The number of quaternary nitrogens is 1. The lowest BCUT2D eigenvalue weighted by Crippen LogP contribution is -3.18. The van der Waals surface area contributed by atoms with Crippen molar-refractivity contribution in [1.82, 2.24) is 9.80 Å². The Morgan fingerprint density at radius 2 is 1.59 bits per heavy atom. The number of hydrogen-bond donors (Lipinski definition) is 1. The van der Waals surface area contributed by atoms with Gasteiger partial charge in [0.25, 0.3) is 0 Å². The summed E-state index contributed by atoms with van der Waals surface area (Å²) in [7, 11) is 0. The molecule has 2 aliphatic heterocycles. The van der Waals surface area contributed by atoms with Crippen molar-refractivity contribution in [3.63, 3.8) is 0 Å². The van der Waals surface area contributed by atoms with E-state index in [9.17, 15) is 14.4 Å². The normalized spacial score (nSPS) is 43.9. The fraction of sp³-hybridized carbons (Fsp3) is 0.857. The second-order valence-electron chi connectivity index (χ2n) is 9.97. The zero-order valence-corrected chi connectivity index (χ0v) is 16.4. The summed E-state index contributed by atoms with van der Waals surface area (Å²) in [5.74, 6) is 0.782. The molecular formula is C21H32N3O3+. The zero-order valence-electron chi connectivity index (χ0n) is 16.4. The van der Waals surface area contributed by atoms with E-state index in [1.54, 1.807) is 0 Å². The number of nitrogens with one attached hydrogen (secondary N) is 1. The fourth-order valence-electron chi connectivity index (χ4n) is 7.46. The third kappa shape index (κ3) is 2.66. The number of likely N-dealkylation sites (tertiary alicyclic amines) is 1. The molecule has 6 fully saturated rings. The van der Waals surface area contributed by atoms with Gasteiger partial charge in [-0.3, -0.25) is 9.59 Å². The minimum Gasteiger partial charge on any atom is -0.315 e. The number of rotatable bonds is 4. The predicted octanol–water partition coefficient (Wildman–Crippen LogP) is 1.55. The Morgan fingerprint density at radius 3 is 2.19 bits per heavy atom. The summed E-state index contributed by atoms with van der Waals surface area (Å²) < 4.78 is 0. The van der Waals surface area contributed by atoms with Crippen molar-refractivity contribution in [3.8, 4) is 0 Å². The Kier molecular flexibility index (Phi) is 4.12. The van der Waals surface area contributed by atoms with Crippen molar-refractivity contribution < 1.29 is 19.3 Å². The van der Waals surface area contributed by atoms with Gasteiger partial charge in [-0.1, -0.05) is 6.92 Å². The number of hydrogen-bond acceptors (Lipinski definition) is 3. The summed E-state index contributed by atoms with van der Waals surface area (Å²) in [6, 6.07) is 0.169. The van der Waals surface area contributed by atoms with Gasteiger partial charge in [0, 0.05) is 0 Å². The summed E-state index contributed by atoms with van der Waals surface area (Å²) in [5, 5.41) is 0. The Labute approximate surface area is 161 Å². The number of carbonyl (C=O) groups is 3. The van der Waals surface area contributed by atoms with Crippen molar-refractivity contribution in [3.05, 3.63) is 0 Å². The van der Waals surface area contributed by atoms with Gasteiger partial charge in [0.1, 0.15) is 0 Å². The van der Waals surface area contributed by atoms with Crippen LogP contribution in [0.25, 0.3) is 0 Å². The molecule has 0 aromatic rings. The molecule has 4 bridgehead atoms. The van der Waals surface area contributed by atoms with Gasteiger partial charge in [-0.05, 0) is 82.0 Å². The van der Waals surface area contributed by atoms with Gasteiger partial charge in [-0.2, -0.15) is 0 Å². The van der Waals surface area contributed by atoms with Crippen LogP contribution in [-0.4, -0.2) is 52.4 Å². The molecule has 2 heterocycles. The average Bonchev–Trinajstić information content (AvgIpc) is 2.85. The first-order valence-electron chi connectivity index (χ1n) is 11.1. The minimum atomic E-state index is -0.580. The zero-order chi connectivity index (χ0) is 18.8. The van der Waals surface area contributed by atoms with Crippen LogP contribution in [-0.2, 0) is 9.59 Å². The lowest BCUT2D eigenvalue weighted by Gasteiger charge is -2.58. The molecule has 6 rings (SSSR count). The highest BCUT2D eigenvalue weighted by Crippen LogP contribution is 2.58. The molecule has 6 nitrogen and oxygen atoms in total. The molecular weight excluding hydrogens is 342 g/mol. The van der Waals surface area contributed by atoms with Crippen LogP contribution in [0.5, 0.6) is 0 Å². The standard InChI is InChI=1S/C21H31N3O3/c1-2-17-5-3-4-6-22(17)13-23-18(25)19(26)24(20(23)27)21-10-14-7-15(11-21)9-16(8-14)12-21/h14-17H,2-13H2,1H3/p+1/t14?,15?,16?,17-,21?/m1/s1. The number of urea groups is 1. The lowest BCUT2D eigenvalue weighted by atomic mass is 9.52. The number of amides is 4. The summed E-state index contributed by atoms with van der Waals surface area (Å²) in [6.07, 6.45) is 11.1. The van der Waals surface area contributed by atoms with Crippen LogP contribution in [0.1, 0.15) is 71.1 Å². The first kappa shape index (κ1) is 17.7. The second kappa shape index (κ2) is 6.29. The predicted molar refractivity (Wildman–Crippen MR) is 98.6 cm³/mol. The van der Waals surface area contributed by atoms with Crippen LogP contribution < -0.4 is 4.90 Å². The van der Waals surface area contributed by atoms with Gasteiger partial charge in [0.2, 0.25) is 0 Å². The molecule has 0 aromatic carbocycles. The van der Waals surface area contributed by atoms with Crippen LogP contribution in [0, 0.1) is 17.8 Å². The molecule has 4 aliphatic carbocycles. The van der Waals surface area contributed by atoms with Crippen LogP contribution in [0.4, 0.5) is 4.79 Å². The Bertz CT molecular complexity index is 640. The summed E-state index contributed by atoms with van der Waals surface area (Å²) in [5.41, 5.74) is -0.366. The number of piperidine rings is 1. The van der Waals surface area contributed by atoms with E-state index in [1.807, 2.05) is 0 Å². The molecule has 0 spiro atoms.